The molecule has 148 valence electrons. The van der Waals surface area contributed by atoms with Crippen LogP contribution in [-0.2, 0) is 6.42 Å². The van der Waals surface area contributed by atoms with Crippen LogP contribution >= 0.6 is 0 Å². The molecular formula is C23H24N4O2. The summed E-state index contributed by atoms with van der Waals surface area (Å²) in [5.41, 5.74) is 3.79. The van der Waals surface area contributed by atoms with Gasteiger partial charge in [0.15, 0.2) is 0 Å². The smallest absolute Gasteiger partial charge is 0.274 e. The SMILES string of the molecule is COc1ccc(Cc2cccc(C3CCN(C(=O)c4cnccn4)CC3)n2)cc1. The second-order valence-electron chi connectivity index (χ2n) is 7.24. The van der Waals surface area contributed by atoms with Gasteiger partial charge in [0, 0.05) is 49.2 Å². The van der Waals surface area contributed by atoms with Crippen LogP contribution in [-0.4, -0.2) is 46.0 Å². The molecule has 2 aromatic heterocycles. The Morgan fingerprint density at radius 2 is 1.90 bits per heavy atom. The first-order chi connectivity index (χ1) is 14.2. The molecule has 0 spiro atoms. The van der Waals surface area contributed by atoms with Crippen molar-refractivity contribution in [1.82, 2.24) is 19.9 Å². The Morgan fingerprint density at radius 3 is 2.59 bits per heavy atom. The van der Waals surface area contributed by atoms with Gasteiger partial charge in [-0.2, -0.15) is 0 Å². The van der Waals surface area contributed by atoms with Crippen LogP contribution in [0.3, 0.4) is 0 Å². The highest BCUT2D eigenvalue weighted by Gasteiger charge is 2.26. The molecule has 0 aliphatic carbocycles. The van der Waals surface area contributed by atoms with Gasteiger partial charge in [-0.3, -0.25) is 14.8 Å². The summed E-state index contributed by atoms with van der Waals surface area (Å²) in [5.74, 6) is 1.19. The van der Waals surface area contributed by atoms with Crippen molar-refractivity contribution in [1.29, 1.82) is 0 Å². The second kappa shape index (κ2) is 8.82. The van der Waals surface area contributed by atoms with Crippen LogP contribution in [0.1, 0.15) is 46.2 Å². The molecule has 1 aliphatic rings. The molecule has 0 bridgehead atoms. The number of nitrogens with zero attached hydrogens (tertiary/aromatic N) is 4. The highest BCUT2D eigenvalue weighted by atomic mass is 16.5. The van der Waals surface area contributed by atoms with Gasteiger partial charge < -0.3 is 9.64 Å². The number of amides is 1. The molecule has 1 aliphatic heterocycles. The van der Waals surface area contributed by atoms with Crippen molar-refractivity contribution in [2.24, 2.45) is 0 Å². The molecular weight excluding hydrogens is 364 g/mol. The summed E-state index contributed by atoms with van der Waals surface area (Å²) < 4.78 is 5.22. The molecule has 4 rings (SSSR count). The molecule has 1 amide bonds. The minimum Gasteiger partial charge on any atom is -0.497 e. The maximum atomic E-state index is 12.5. The second-order valence-corrected chi connectivity index (χ2v) is 7.24. The quantitative estimate of drug-likeness (QED) is 0.669. The molecule has 6 nitrogen and oxygen atoms in total. The van der Waals surface area contributed by atoms with E-state index in [9.17, 15) is 4.79 Å². The molecule has 0 atom stereocenters. The Balaban J connectivity index is 1.38. The number of pyridine rings is 1. The first kappa shape index (κ1) is 19.1. The molecule has 3 aromatic rings. The summed E-state index contributed by atoms with van der Waals surface area (Å²) in [6, 6.07) is 14.3. The average Bonchev–Trinajstić information content (AvgIpc) is 2.80. The van der Waals surface area contributed by atoms with E-state index in [-0.39, 0.29) is 5.91 Å². The third-order valence-corrected chi connectivity index (χ3v) is 5.36. The highest BCUT2D eigenvalue weighted by molar-refractivity contribution is 5.92. The van der Waals surface area contributed by atoms with E-state index in [0.717, 1.165) is 36.4 Å². The van der Waals surface area contributed by atoms with Crippen LogP contribution in [0.2, 0.25) is 0 Å². The zero-order valence-corrected chi connectivity index (χ0v) is 16.5. The van der Waals surface area contributed by atoms with Crippen LogP contribution < -0.4 is 4.74 Å². The summed E-state index contributed by atoms with van der Waals surface area (Å²) in [7, 11) is 1.67. The summed E-state index contributed by atoms with van der Waals surface area (Å²) in [4.78, 5) is 27.4. The number of ether oxygens (including phenoxy) is 1. The van der Waals surface area contributed by atoms with E-state index in [2.05, 4.69) is 40.3 Å². The maximum Gasteiger partial charge on any atom is 0.274 e. The van der Waals surface area contributed by atoms with Gasteiger partial charge in [-0.1, -0.05) is 18.2 Å². The molecule has 3 heterocycles. The fraction of sp³-hybridized carbons (Fsp3) is 0.304. The largest absolute Gasteiger partial charge is 0.497 e. The van der Waals surface area contributed by atoms with Gasteiger partial charge >= 0.3 is 0 Å². The molecule has 29 heavy (non-hydrogen) atoms. The lowest BCUT2D eigenvalue weighted by Gasteiger charge is -2.31. The van der Waals surface area contributed by atoms with Gasteiger partial charge in [0.1, 0.15) is 11.4 Å². The Hall–Kier alpha value is -3.28. The van der Waals surface area contributed by atoms with E-state index < -0.39 is 0 Å². The van der Waals surface area contributed by atoms with E-state index >= 15 is 0 Å². The molecule has 6 heteroatoms. The molecule has 0 N–H and O–H groups in total. The van der Waals surface area contributed by atoms with Gasteiger partial charge in [0.05, 0.1) is 13.3 Å². The third-order valence-electron chi connectivity index (χ3n) is 5.36. The Bertz CT molecular complexity index is 952. The van der Waals surface area contributed by atoms with Crippen molar-refractivity contribution in [3.05, 3.63) is 83.7 Å². The Labute approximate surface area is 170 Å². The number of aromatic nitrogens is 3. The summed E-state index contributed by atoms with van der Waals surface area (Å²) in [6.45, 7) is 1.43. The van der Waals surface area contributed by atoms with E-state index in [0.29, 0.717) is 24.7 Å². The topological polar surface area (TPSA) is 68.2 Å². The van der Waals surface area contributed by atoms with Crippen molar-refractivity contribution in [2.45, 2.75) is 25.2 Å². The normalized spacial score (nSPS) is 14.6. The van der Waals surface area contributed by atoms with Crippen LogP contribution in [0.25, 0.3) is 0 Å². The number of hydrogen-bond acceptors (Lipinski definition) is 5. The fourth-order valence-corrected chi connectivity index (χ4v) is 3.73. The molecule has 0 unspecified atom stereocenters. The number of carbonyl (C=O) groups excluding carboxylic acids is 1. The van der Waals surface area contributed by atoms with Crippen molar-refractivity contribution >= 4 is 5.91 Å². The lowest BCUT2D eigenvalue weighted by Crippen LogP contribution is -2.38. The van der Waals surface area contributed by atoms with Gasteiger partial charge in [0.2, 0.25) is 0 Å². The average molecular weight is 388 g/mol. The van der Waals surface area contributed by atoms with Crippen molar-refractivity contribution in [2.75, 3.05) is 20.2 Å². The van der Waals surface area contributed by atoms with Crippen molar-refractivity contribution in [3.63, 3.8) is 0 Å². The fourth-order valence-electron chi connectivity index (χ4n) is 3.73. The minimum atomic E-state index is -0.0437. The standard InChI is InChI=1S/C23H24N4O2/c1-29-20-7-5-17(6-8-20)15-19-3-2-4-21(26-19)18-9-13-27(14-10-18)23(28)22-16-24-11-12-25-22/h2-8,11-12,16,18H,9-10,13-15H2,1H3. The van der Waals surface area contributed by atoms with E-state index in [4.69, 9.17) is 9.72 Å². The van der Waals surface area contributed by atoms with Crippen LogP contribution in [0, 0.1) is 0 Å². The van der Waals surface area contributed by atoms with Gasteiger partial charge in [-0.05, 0) is 42.7 Å². The zero-order valence-electron chi connectivity index (χ0n) is 16.5. The Morgan fingerprint density at radius 1 is 1.10 bits per heavy atom. The van der Waals surface area contributed by atoms with Crippen LogP contribution in [0.15, 0.2) is 61.1 Å². The monoisotopic (exact) mass is 388 g/mol. The van der Waals surface area contributed by atoms with Gasteiger partial charge in [0.25, 0.3) is 5.91 Å². The minimum absolute atomic E-state index is 0.0437. The van der Waals surface area contributed by atoms with E-state index in [1.165, 1.54) is 11.8 Å². The van der Waals surface area contributed by atoms with Gasteiger partial charge in [-0.25, -0.2) is 4.98 Å². The predicted octanol–water partition coefficient (Wildman–Crippen LogP) is 3.49. The lowest BCUT2D eigenvalue weighted by atomic mass is 9.92. The first-order valence-electron chi connectivity index (χ1n) is 9.87. The molecule has 1 fully saturated rings. The van der Waals surface area contributed by atoms with Crippen molar-refractivity contribution in [3.8, 4) is 5.75 Å². The number of methoxy groups -OCH3 is 1. The zero-order chi connectivity index (χ0) is 20.1. The molecule has 0 saturated carbocycles. The third kappa shape index (κ3) is 4.59. The summed E-state index contributed by atoms with van der Waals surface area (Å²) in [5, 5.41) is 0. The summed E-state index contributed by atoms with van der Waals surface area (Å²) in [6.07, 6.45) is 7.27. The predicted molar refractivity (Wildman–Crippen MR) is 110 cm³/mol. The van der Waals surface area contributed by atoms with Crippen molar-refractivity contribution < 1.29 is 9.53 Å². The molecule has 1 aromatic carbocycles. The number of rotatable bonds is 5. The molecule has 1 saturated heterocycles. The number of carbonyl (C=O) groups is 1. The lowest BCUT2D eigenvalue weighted by molar-refractivity contribution is 0.0705. The maximum absolute atomic E-state index is 12.5. The number of hydrogen-bond donors (Lipinski definition) is 0. The number of likely N-dealkylation sites (tertiary alicyclic amines) is 1. The number of benzene rings is 1. The Kier molecular flexibility index (Phi) is 5.79. The van der Waals surface area contributed by atoms with E-state index in [1.807, 2.05) is 17.0 Å². The highest BCUT2D eigenvalue weighted by Crippen LogP contribution is 2.27. The van der Waals surface area contributed by atoms with Crippen LogP contribution in [0.5, 0.6) is 5.75 Å². The summed E-state index contributed by atoms with van der Waals surface area (Å²) >= 11 is 0. The number of piperidine rings is 1. The van der Waals surface area contributed by atoms with E-state index in [1.54, 1.807) is 19.5 Å². The van der Waals surface area contributed by atoms with Crippen LogP contribution in [0.4, 0.5) is 0 Å². The molecule has 0 radical (unpaired) electrons. The first-order valence-corrected chi connectivity index (χ1v) is 9.87. The van der Waals surface area contributed by atoms with Gasteiger partial charge in [-0.15, -0.1) is 0 Å².